The van der Waals surface area contributed by atoms with Gasteiger partial charge >= 0.3 is 0 Å². The van der Waals surface area contributed by atoms with Crippen LogP contribution >= 0.6 is 0 Å². The van der Waals surface area contributed by atoms with E-state index < -0.39 is 0 Å². The van der Waals surface area contributed by atoms with Gasteiger partial charge in [-0.1, -0.05) is 48.5 Å². The molecule has 0 radical (unpaired) electrons. The van der Waals surface area contributed by atoms with Crippen LogP contribution in [0.4, 0.5) is 0 Å². The first-order chi connectivity index (χ1) is 13.5. The van der Waals surface area contributed by atoms with Gasteiger partial charge in [0.05, 0.1) is 12.7 Å². The maximum absolute atomic E-state index is 5.99. The molecule has 0 unspecified atom stereocenters. The zero-order valence-electron chi connectivity index (χ0n) is 17.8. The van der Waals surface area contributed by atoms with Crippen LogP contribution in [0.5, 0.6) is 5.75 Å². The van der Waals surface area contributed by atoms with Crippen molar-refractivity contribution in [1.29, 1.82) is 0 Å². The van der Waals surface area contributed by atoms with Crippen LogP contribution in [-0.4, -0.2) is 25.9 Å². The van der Waals surface area contributed by atoms with Gasteiger partial charge in [0.2, 0.25) is 0 Å². The van der Waals surface area contributed by atoms with Gasteiger partial charge in [-0.3, -0.25) is 0 Å². The smallest absolute Gasteiger partial charge is 0.122 e. The van der Waals surface area contributed by atoms with Crippen LogP contribution in [0.1, 0.15) is 63.1 Å². The van der Waals surface area contributed by atoms with Crippen LogP contribution in [0.2, 0.25) is 0 Å². The Bertz CT molecular complexity index is 728. The second kappa shape index (κ2) is 9.58. The summed E-state index contributed by atoms with van der Waals surface area (Å²) in [7, 11) is 1.78. The monoisotopic (exact) mass is 381 g/mol. The average Bonchev–Trinajstić information content (AvgIpc) is 2.71. The summed E-state index contributed by atoms with van der Waals surface area (Å²) in [4.78, 5) is 0. The predicted octanol–water partition coefficient (Wildman–Crippen LogP) is 5.72. The van der Waals surface area contributed by atoms with E-state index in [0.29, 0.717) is 17.9 Å². The summed E-state index contributed by atoms with van der Waals surface area (Å²) in [5.74, 6) is 2.08. The van der Waals surface area contributed by atoms with Crippen molar-refractivity contribution >= 4 is 0 Å². The van der Waals surface area contributed by atoms with E-state index in [1.54, 1.807) is 7.11 Å². The molecule has 152 valence electrons. The second-order valence-corrected chi connectivity index (χ2v) is 8.58. The number of benzene rings is 2. The highest BCUT2D eigenvalue weighted by Crippen LogP contribution is 2.42. The SMILES string of the molecule is COc1ccccc1[C@H](CCN[C@@H](C)c1ccccc1)[C@H]1CCOC(C)(C)C1. The van der Waals surface area contributed by atoms with Crippen LogP contribution in [0.3, 0.4) is 0 Å². The fraction of sp³-hybridized carbons (Fsp3) is 0.520. The molecule has 1 aliphatic rings. The molecule has 0 aromatic heterocycles. The average molecular weight is 382 g/mol. The summed E-state index contributed by atoms with van der Waals surface area (Å²) < 4.78 is 11.7. The first-order valence-corrected chi connectivity index (χ1v) is 10.6. The van der Waals surface area contributed by atoms with Crippen LogP contribution in [0.15, 0.2) is 54.6 Å². The van der Waals surface area contributed by atoms with Gasteiger partial charge in [-0.05, 0) is 75.6 Å². The minimum atomic E-state index is -0.0477. The molecule has 0 bridgehead atoms. The second-order valence-electron chi connectivity index (χ2n) is 8.58. The quantitative estimate of drug-likeness (QED) is 0.634. The zero-order chi connectivity index (χ0) is 20.0. The molecule has 28 heavy (non-hydrogen) atoms. The number of para-hydroxylation sites is 1. The molecule has 1 fully saturated rings. The van der Waals surface area contributed by atoms with E-state index in [4.69, 9.17) is 9.47 Å². The number of nitrogens with one attached hydrogen (secondary N) is 1. The summed E-state index contributed by atoms with van der Waals surface area (Å²) in [6.07, 6.45) is 3.29. The summed E-state index contributed by atoms with van der Waals surface area (Å²) in [5.41, 5.74) is 2.62. The van der Waals surface area contributed by atoms with Gasteiger partial charge in [-0.25, -0.2) is 0 Å². The number of rotatable bonds is 8. The summed E-state index contributed by atoms with van der Waals surface area (Å²) in [5, 5.41) is 3.72. The highest BCUT2D eigenvalue weighted by atomic mass is 16.5. The Hall–Kier alpha value is -1.84. The van der Waals surface area contributed by atoms with Crippen LogP contribution < -0.4 is 10.1 Å². The first-order valence-electron chi connectivity index (χ1n) is 10.6. The van der Waals surface area contributed by atoms with Gasteiger partial charge in [0.25, 0.3) is 0 Å². The molecule has 2 aromatic rings. The molecule has 1 N–H and O–H groups in total. The summed E-state index contributed by atoms with van der Waals surface area (Å²) >= 11 is 0. The fourth-order valence-corrected chi connectivity index (χ4v) is 4.56. The minimum Gasteiger partial charge on any atom is -0.496 e. The van der Waals surface area contributed by atoms with Crippen LogP contribution in [-0.2, 0) is 4.74 Å². The Morgan fingerprint density at radius 1 is 1.11 bits per heavy atom. The number of ether oxygens (including phenoxy) is 2. The highest BCUT2D eigenvalue weighted by Gasteiger charge is 2.35. The Morgan fingerprint density at radius 2 is 1.82 bits per heavy atom. The Kier molecular flexibility index (Phi) is 7.14. The lowest BCUT2D eigenvalue weighted by molar-refractivity contribution is -0.0773. The van der Waals surface area contributed by atoms with Crippen molar-refractivity contribution in [3.05, 3.63) is 65.7 Å². The van der Waals surface area contributed by atoms with Crippen molar-refractivity contribution in [1.82, 2.24) is 5.32 Å². The minimum absolute atomic E-state index is 0.0477. The van der Waals surface area contributed by atoms with E-state index >= 15 is 0 Å². The molecule has 3 nitrogen and oxygen atoms in total. The van der Waals surface area contributed by atoms with E-state index in [2.05, 4.69) is 80.7 Å². The molecule has 3 rings (SSSR count). The summed E-state index contributed by atoms with van der Waals surface area (Å²) in [6.45, 7) is 8.50. The third kappa shape index (κ3) is 5.36. The molecule has 0 saturated carbocycles. The molecular formula is C25H35NO2. The van der Waals surface area contributed by atoms with Gasteiger partial charge in [-0.15, -0.1) is 0 Å². The molecule has 1 aliphatic heterocycles. The van der Waals surface area contributed by atoms with Gasteiger partial charge < -0.3 is 14.8 Å². The molecular weight excluding hydrogens is 346 g/mol. The van der Waals surface area contributed by atoms with E-state index in [-0.39, 0.29) is 5.60 Å². The first kappa shape index (κ1) is 20.9. The van der Waals surface area contributed by atoms with E-state index in [0.717, 1.165) is 38.2 Å². The fourth-order valence-electron chi connectivity index (χ4n) is 4.56. The maximum Gasteiger partial charge on any atom is 0.122 e. The summed E-state index contributed by atoms with van der Waals surface area (Å²) in [6, 6.07) is 19.5. The molecule has 0 amide bonds. The van der Waals surface area contributed by atoms with E-state index in [9.17, 15) is 0 Å². The van der Waals surface area contributed by atoms with Crippen molar-refractivity contribution in [2.24, 2.45) is 5.92 Å². The van der Waals surface area contributed by atoms with Crippen molar-refractivity contribution < 1.29 is 9.47 Å². The van der Waals surface area contributed by atoms with E-state index in [1.807, 2.05) is 0 Å². The predicted molar refractivity (Wildman–Crippen MR) is 116 cm³/mol. The highest BCUT2D eigenvalue weighted by molar-refractivity contribution is 5.37. The van der Waals surface area contributed by atoms with Gasteiger partial charge in [0.15, 0.2) is 0 Å². The van der Waals surface area contributed by atoms with Crippen molar-refractivity contribution in [3.63, 3.8) is 0 Å². The van der Waals surface area contributed by atoms with Crippen molar-refractivity contribution in [3.8, 4) is 5.75 Å². The van der Waals surface area contributed by atoms with Gasteiger partial charge in [0, 0.05) is 12.6 Å². The number of hydrogen-bond acceptors (Lipinski definition) is 3. The Morgan fingerprint density at radius 3 is 2.54 bits per heavy atom. The molecule has 0 aliphatic carbocycles. The standard InChI is InChI=1S/C25H35NO2/c1-19(20-10-6-5-7-11-20)26-16-14-22(21-15-17-28-25(2,3)18-21)23-12-8-9-13-24(23)27-4/h5-13,19,21-22,26H,14-18H2,1-4H3/t19-,21-,22+/m0/s1. The van der Waals surface area contributed by atoms with E-state index in [1.165, 1.54) is 11.1 Å². The third-order valence-corrected chi connectivity index (χ3v) is 6.05. The van der Waals surface area contributed by atoms with Crippen LogP contribution in [0.25, 0.3) is 0 Å². The molecule has 0 spiro atoms. The van der Waals surface area contributed by atoms with Gasteiger partial charge in [0.1, 0.15) is 5.75 Å². The molecule has 1 saturated heterocycles. The lowest BCUT2D eigenvalue weighted by Crippen LogP contribution is -2.37. The van der Waals surface area contributed by atoms with Crippen LogP contribution in [0, 0.1) is 5.92 Å². The lowest BCUT2D eigenvalue weighted by atomic mass is 9.75. The Balaban J connectivity index is 1.73. The number of hydrogen-bond donors (Lipinski definition) is 1. The molecule has 3 atom stereocenters. The Labute approximate surface area is 170 Å². The molecule has 3 heteroatoms. The topological polar surface area (TPSA) is 30.5 Å². The third-order valence-electron chi connectivity index (χ3n) is 6.05. The largest absolute Gasteiger partial charge is 0.496 e. The zero-order valence-corrected chi connectivity index (χ0v) is 17.8. The lowest BCUT2D eigenvalue weighted by Gasteiger charge is -2.40. The molecule has 1 heterocycles. The molecule has 2 aromatic carbocycles. The normalized spacial score (nSPS) is 21.1. The maximum atomic E-state index is 5.99. The van der Waals surface area contributed by atoms with Crippen molar-refractivity contribution in [2.75, 3.05) is 20.3 Å². The van der Waals surface area contributed by atoms with Crippen molar-refractivity contribution in [2.45, 2.75) is 57.6 Å². The van der Waals surface area contributed by atoms with Gasteiger partial charge in [-0.2, -0.15) is 0 Å². The number of methoxy groups -OCH3 is 1.